The molecule has 0 rings (SSSR count). The Morgan fingerprint density at radius 3 is 0.881 bits per heavy atom. The van der Waals surface area contributed by atoms with E-state index in [1.165, 1.54) is 161 Å². The van der Waals surface area contributed by atoms with Gasteiger partial charge >= 0.3 is 17.9 Å². The molecule has 0 N–H and O–H groups in total. The van der Waals surface area contributed by atoms with Crippen LogP contribution in [0.15, 0.2) is 60.8 Å². The zero-order valence-corrected chi connectivity index (χ0v) is 44.4. The van der Waals surface area contributed by atoms with E-state index >= 15 is 0 Å². The molecule has 388 valence electrons. The molecule has 0 radical (unpaired) electrons. The van der Waals surface area contributed by atoms with Gasteiger partial charge in [-0.3, -0.25) is 14.4 Å². The minimum Gasteiger partial charge on any atom is -0.462 e. The largest absolute Gasteiger partial charge is 0.462 e. The Kier molecular flexibility index (Phi) is 53.3. The van der Waals surface area contributed by atoms with Crippen molar-refractivity contribution in [3.05, 3.63) is 60.8 Å². The van der Waals surface area contributed by atoms with Crippen molar-refractivity contribution in [2.45, 2.75) is 297 Å². The fourth-order valence-electron chi connectivity index (χ4n) is 8.09. The summed E-state index contributed by atoms with van der Waals surface area (Å²) in [6.45, 7) is 6.59. The Morgan fingerprint density at radius 1 is 0.299 bits per heavy atom. The number of unbranched alkanes of at least 4 members (excludes halogenated alkanes) is 31. The van der Waals surface area contributed by atoms with Gasteiger partial charge in [0.15, 0.2) is 6.10 Å². The summed E-state index contributed by atoms with van der Waals surface area (Å²) in [6.07, 6.45) is 69.1. The summed E-state index contributed by atoms with van der Waals surface area (Å²) in [6, 6.07) is 0. The van der Waals surface area contributed by atoms with Crippen LogP contribution in [0.1, 0.15) is 290 Å². The normalized spacial score (nSPS) is 12.5. The van der Waals surface area contributed by atoms with Crippen molar-refractivity contribution in [1.82, 2.24) is 0 Å². The molecular formula is C61H108O6. The van der Waals surface area contributed by atoms with Crippen LogP contribution in [0.4, 0.5) is 0 Å². The average molecular weight is 938 g/mol. The second-order valence-corrected chi connectivity index (χ2v) is 19.2. The number of hydrogen-bond donors (Lipinski definition) is 0. The molecule has 0 aromatic rings. The van der Waals surface area contributed by atoms with Crippen molar-refractivity contribution in [3.8, 4) is 0 Å². The van der Waals surface area contributed by atoms with E-state index in [2.05, 4.69) is 81.5 Å². The lowest BCUT2D eigenvalue weighted by atomic mass is 10.1. The van der Waals surface area contributed by atoms with Crippen molar-refractivity contribution < 1.29 is 28.6 Å². The number of ether oxygens (including phenoxy) is 3. The van der Waals surface area contributed by atoms with Crippen LogP contribution in [-0.4, -0.2) is 37.2 Å². The van der Waals surface area contributed by atoms with Crippen LogP contribution in [0.25, 0.3) is 0 Å². The van der Waals surface area contributed by atoms with Gasteiger partial charge in [-0.05, 0) is 109 Å². The van der Waals surface area contributed by atoms with Gasteiger partial charge in [-0.2, -0.15) is 0 Å². The molecule has 0 fully saturated rings. The summed E-state index contributed by atoms with van der Waals surface area (Å²) in [7, 11) is 0. The highest BCUT2D eigenvalue weighted by molar-refractivity contribution is 5.71. The fourth-order valence-corrected chi connectivity index (χ4v) is 8.09. The van der Waals surface area contributed by atoms with Gasteiger partial charge in [0.25, 0.3) is 0 Å². The fraction of sp³-hybridized carbons (Fsp3) is 0.787. The van der Waals surface area contributed by atoms with Gasteiger partial charge in [-0.15, -0.1) is 0 Å². The number of rotatable bonds is 52. The molecule has 0 aromatic heterocycles. The maximum atomic E-state index is 12.9. The van der Waals surface area contributed by atoms with Crippen LogP contribution in [0.3, 0.4) is 0 Å². The second kappa shape index (κ2) is 55.7. The molecule has 0 bridgehead atoms. The highest BCUT2D eigenvalue weighted by Crippen LogP contribution is 2.15. The van der Waals surface area contributed by atoms with Gasteiger partial charge in [-0.1, -0.05) is 223 Å². The molecule has 0 aromatic carbocycles. The Bertz CT molecular complexity index is 1210. The Balaban J connectivity index is 4.40. The van der Waals surface area contributed by atoms with E-state index in [0.717, 1.165) is 89.9 Å². The summed E-state index contributed by atoms with van der Waals surface area (Å²) >= 11 is 0. The summed E-state index contributed by atoms with van der Waals surface area (Å²) in [5.74, 6) is -0.897. The van der Waals surface area contributed by atoms with Crippen LogP contribution in [-0.2, 0) is 28.6 Å². The topological polar surface area (TPSA) is 78.9 Å². The molecule has 0 aliphatic carbocycles. The molecule has 0 aliphatic rings. The van der Waals surface area contributed by atoms with Gasteiger partial charge in [0, 0.05) is 19.3 Å². The first-order chi connectivity index (χ1) is 33.0. The minimum absolute atomic E-state index is 0.0835. The summed E-state index contributed by atoms with van der Waals surface area (Å²) < 4.78 is 16.9. The lowest BCUT2D eigenvalue weighted by molar-refractivity contribution is -0.167. The zero-order valence-electron chi connectivity index (χ0n) is 44.4. The van der Waals surface area contributed by atoms with Crippen LogP contribution in [0.5, 0.6) is 0 Å². The highest BCUT2D eigenvalue weighted by Gasteiger charge is 2.19. The average Bonchev–Trinajstić information content (AvgIpc) is 3.33. The number of allylic oxidation sites excluding steroid dienone is 10. The van der Waals surface area contributed by atoms with Crippen LogP contribution >= 0.6 is 0 Å². The standard InChI is InChI=1S/C61H108O6/c1-4-7-10-13-16-19-22-25-28-30-32-33-36-39-42-45-48-51-54-60(63)66-57-58(56-65-59(62)53-50-47-44-41-38-35-27-24-21-18-15-12-9-6-3)67-61(64)55-52-49-46-43-40-37-34-31-29-26-23-20-17-14-11-8-5-2/h17,19-20,22,24,26-30,58H,4-16,18,21,23,25,31-57H2,1-3H3/b20-17-,22-19-,27-24-,29-26-,30-28-. The third kappa shape index (κ3) is 53.9. The van der Waals surface area contributed by atoms with Gasteiger partial charge in [-0.25, -0.2) is 0 Å². The number of hydrogen-bond acceptors (Lipinski definition) is 6. The van der Waals surface area contributed by atoms with E-state index < -0.39 is 6.10 Å². The first kappa shape index (κ1) is 64.1. The van der Waals surface area contributed by atoms with Crippen LogP contribution in [0, 0.1) is 0 Å². The molecule has 0 saturated heterocycles. The monoisotopic (exact) mass is 937 g/mol. The lowest BCUT2D eigenvalue weighted by Crippen LogP contribution is -2.30. The van der Waals surface area contributed by atoms with Crippen molar-refractivity contribution in [1.29, 1.82) is 0 Å². The summed E-state index contributed by atoms with van der Waals surface area (Å²) in [5, 5.41) is 0. The minimum atomic E-state index is -0.785. The quantitative estimate of drug-likeness (QED) is 0.0262. The lowest BCUT2D eigenvalue weighted by Gasteiger charge is -2.18. The van der Waals surface area contributed by atoms with E-state index in [-0.39, 0.29) is 31.1 Å². The Hall–Kier alpha value is -2.89. The Morgan fingerprint density at radius 2 is 0.537 bits per heavy atom. The van der Waals surface area contributed by atoms with Crippen molar-refractivity contribution >= 4 is 17.9 Å². The Labute approximate surface area is 415 Å². The first-order valence-corrected chi connectivity index (χ1v) is 28.8. The molecule has 6 heteroatoms. The van der Waals surface area contributed by atoms with E-state index in [1.54, 1.807) is 0 Å². The molecule has 6 nitrogen and oxygen atoms in total. The predicted molar refractivity (Wildman–Crippen MR) is 288 cm³/mol. The molecule has 1 unspecified atom stereocenters. The first-order valence-electron chi connectivity index (χ1n) is 28.8. The molecule has 0 heterocycles. The number of carbonyl (C=O) groups excluding carboxylic acids is 3. The van der Waals surface area contributed by atoms with Crippen molar-refractivity contribution in [3.63, 3.8) is 0 Å². The summed E-state index contributed by atoms with van der Waals surface area (Å²) in [4.78, 5) is 38.1. The second-order valence-electron chi connectivity index (χ2n) is 19.2. The van der Waals surface area contributed by atoms with Gasteiger partial charge in [0.05, 0.1) is 0 Å². The molecule has 67 heavy (non-hydrogen) atoms. The van der Waals surface area contributed by atoms with Crippen molar-refractivity contribution in [2.24, 2.45) is 0 Å². The van der Waals surface area contributed by atoms with Gasteiger partial charge < -0.3 is 14.2 Å². The van der Waals surface area contributed by atoms with Crippen LogP contribution in [0.2, 0.25) is 0 Å². The smallest absolute Gasteiger partial charge is 0.306 e. The summed E-state index contributed by atoms with van der Waals surface area (Å²) in [5.41, 5.74) is 0. The molecule has 0 amide bonds. The third-order valence-electron chi connectivity index (χ3n) is 12.5. The maximum absolute atomic E-state index is 12.9. The maximum Gasteiger partial charge on any atom is 0.306 e. The zero-order chi connectivity index (χ0) is 48.6. The predicted octanol–water partition coefficient (Wildman–Crippen LogP) is 19.2. The number of carbonyl (C=O) groups is 3. The molecule has 0 saturated carbocycles. The van der Waals surface area contributed by atoms with E-state index in [0.29, 0.717) is 19.3 Å². The van der Waals surface area contributed by atoms with E-state index in [1.807, 2.05) is 0 Å². The van der Waals surface area contributed by atoms with Crippen molar-refractivity contribution in [2.75, 3.05) is 13.2 Å². The van der Waals surface area contributed by atoms with E-state index in [4.69, 9.17) is 14.2 Å². The molecule has 0 spiro atoms. The third-order valence-corrected chi connectivity index (χ3v) is 12.5. The van der Waals surface area contributed by atoms with Gasteiger partial charge in [0.2, 0.25) is 0 Å². The molecule has 1 atom stereocenters. The van der Waals surface area contributed by atoms with E-state index in [9.17, 15) is 14.4 Å². The number of esters is 3. The molecule has 0 aliphatic heterocycles. The van der Waals surface area contributed by atoms with Crippen LogP contribution < -0.4 is 0 Å². The van der Waals surface area contributed by atoms with Gasteiger partial charge in [0.1, 0.15) is 13.2 Å². The SMILES string of the molecule is CCCCC/C=C\C/C=C\CCCCCCCCCC(=O)OC(COC(=O)CCCCCCC/C=C\CCCCCCC)COC(=O)CCCCCCCCC/C=C\C/C=C\CCCCCC. The molecular weight excluding hydrogens is 829 g/mol. The highest BCUT2D eigenvalue weighted by atomic mass is 16.6.